The van der Waals surface area contributed by atoms with Crippen LogP contribution in [0.5, 0.6) is 5.75 Å². The number of hydrogen-bond donors (Lipinski definition) is 1. The van der Waals surface area contributed by atoms with Crippen LogP contribution in [0, 0.1) is 0 Å². The first-order valence-corrected chi connectivity index (χ1v) is 8.91. The minimum Gasteiger partial charge on any atom is -0.497 e. The van der Waals surface area contributed by atoms with E-state index in [-0.39, 0.29) is 6.04 Å². The van der Waals surface area contributed by atoms with E-state index in [1.54, 1.807) is 7.11 Å². The molecule has 5 heteroatoms. The van der Waals surface area contributed by atoms with E-state index in [4.69, 9.17) is 4.74 Å². The summed E-state index contributed by atoms with van der Waals surface area (Å²) in [6.07, 6.45) is 1.92. The molecule has 0 bridgehead atoms. The van der Waals surface area contributed by atoms with Gasteiger partial charge >= 0.3 is 0 Å². The van der Waals surface area contributed by atoms with Gasteiger partial charge in [0.05, 0.1) is 7.11 Å². The Balaban J connectivity index is 1.58. The van der Waals surface area contributed by atoms with Crippen LogP contribution >= 0.6 is 0 Å². The fourth-order valence-corrected chi connectivity index (χ4v) is 3.06. The summed E-state index contributed by atoms with van der Waals surface area (Å²) in [5.74, 6) is 1.98. The molecular formula is C20H28N4O. The third-order valence-electron chi connectivity index (χ3n) is 4.87. The third kappa shape index (κ3) is 4.71. The second kappa shape index (κ2) is 8.32. The molecule has 0 radical (unpaired) electrons. The van der Waals surface area contributed by atoms with E-state index in [2.05, 4.69) is 58.3 Å². The molecule has 5 nitrogen and oxygen atoms in total. The highest BCUT2D eigenvalue weighted by molar-refractivity contribution is 5.41. The quantitative estimate of drug-likeness (QED) is 0.875. The van der Waals surface area contributed by atoms with Gasteiger partial charge in [0.15, 0.2) is 0 Å². The fraction of sp³-hybridized carbons (Fsp3) is 0.450. The van der Waals surface area contributed by atoms with Crippen molar-refractivity contribution in [2.45, 2.75) is 19.5 Å². The smallest absolute Gasteiger partial charge is 0.128 e. The highest BCUT2D eigenvalue weighted by Gasteiger charge is 2.15. The first-order chi connectivity index (χ1) is 12.2. The predicted molar refractivity (Wildman–Crippen MR) is 102 cm³/mol. The molecule has 2 heterocycles. The molecule has 1 saturated heterocycles. The van der Waals surface area contributed by atoms with Crippen molar-refractivity contribution in [3.05, 3.63) is 53.7 Å². The SMILES string of the molecule is COc1ccc(C(C)NCc2ccnc(N3CCN(C)CC3)c2)cc1. The normalized spacial score (nSPS) is 16.7. The highest BCUT2D eigenvalue weighted by Crippen LogP contribution is 2.19. The summed E-state index contributed by atoms with van der Waals surface area (Å²) in [6.45, 7) is 7.30. The van der Waals surface area contributed by atoms with E-state index in [9.17, 15) is 0 Å². The van der Waals surface area contributed by atoms with Gasteiger partial charge in [-0.1, -0.05) is 12.1 Å². The van der Waals surface area contributed by atoms with Crippen molar-refractivity contribution in [3.63, 3.8) is 0 Å². The Morgan fingerprint density at radius 1 is 1.12 bits per heavy atom. The Bertz CT molecular complexity index is 666. The predicted octanol–water partition coefficient (Wildman–Crippen LogP) is 2.69. The van der Waals surface area contributed by atoms with Crippen molar-refractivity contribution in [2.24, 2.45) is 0 Å². The zero-order valence-corrected chi connectivity index (χ0v) is 15.4. The number of benzene rings is 1. The molecule has 0 amide bonds. The van der Waals surface area contributed by atoms with Gasteiger partial charge in [-0.3, -0.25) is 0 Å². The summed E-state index contributed by atoms with van der Waals surface area (Å²) in [7, 11) is 3.86. The van der Waals surface area contributed by atoms with Gasteiger partial charge in [-0.2, -0.15) is 0 Å². The maximum atomic E-state index is 5.22. The van der Waals surface area contributed by atoms with Crippen molar-refractivity contribution >= 4 is 5.82 Å². The topological polar surface area (TPSA) is 40.6 Å². The average molecular weight is 340 g/mol. The highest BCUT2D eigenvalue weighted by atomic mass is 16.5. The van der Waals surface area contributed by atoms with Gasteiger partial charge in [-0.15, -0.1) is 0 Å². The van der Waals surface area contributed by atoms with Crippen LogP contribution in [0.15, 0.2) is 42.6 Å². The first kappa shape index (κ1) is 17.7. The molecule has 25 heavy (non-hydrogen) atoms. The van der Waals surface area contributed by atoms with Crippen LogP contribution in [0.25, 0.3) is 0 Å². The van der Waals surface area contributed by atoms with E-state index in [0.717, 1.165) is 44.3 Å². The second-order valence-electron chi connectivity index (χ2n) is 6.69. The van der Waals surface area contributed by atoms with Crippen LogP contribution in [-0.2, 0) is 6.54 Å². The number of pyridine rings is 1. The van der Waals surface area contributed by atoms with E-state index in [0.29, 0.717) is 0 Å². The Morgan fingerprint density at radius 2 is 1.84 bits per heavy atom. The van der Waals surface area contributed by atoms with Gasteiger partial charge in [-0.05, 0) is 49.4 Å². The Kier molecular flexibility index (Phi) is 5.89. The van der Waals surface area contributed by atoms with E-state index in [1.807, 2.05) is 18.3 Å². The lowest BCUT2D eigenvalue weighted by molar-refractivity contribution is 0.312. The van der Waals surface area contributed by atoms with Crippen molar-refractivity contribution < 1.29 is 4.74 Å². The number of methoxy groups -OCH3 is 1. The summed E-state index contributed by atoms with van der Waals surface area (Å²) in [4.78, 5) is 9.29. The molecule has 2 aromatic rings. The molecule has 0 saturated carbocycles. The lowest BCUT2D eigenvalue weighted by Crippen LogP contribution is -2.44. The molecule has 1 aromatic carbocycles. The van der Waals surface area contributed by atoms with Crippen LogP contribution in [0.4, 0.5) is 5.82 Å². The number of hydrogen-bond acceptors (Lipinski definition) is 5. The molecule has 1 N–H and O–H groups in total. The monoisotopic (exact) mass is 340 g/mol. The minimum atomic E-state index is 0.283. The van der Waals surface area contributed by atoms with Gasteiger partial charge in [0, 0.05) is 45.0 Å². The lowest BCUT2D eigenvalue weighted by Gasteiger charge is -2.33. The van der Waals surface area contributed by atoms with Crippen LogP contribution < -0.4 is 15.0 Å². The number of rotatable bonds is 6. The molecule has 1 aliphatic rings. The second-order valence-corrected chi connectivity index (χ2v) is 6.69. The molecule has 1 fully saturated rings. The maximum Gasteiger partial charge on any atom is 0.128 e. The standard InChI is InChI=1S/C20H28N4O/c1-16(18-4-6-19(25-3)7-5-18)22-15-17-8-9-21-20(14-17)24-12-10-23(2)11-13-24/h4-9,14,16,22H,10-13,15H2,1-3H3. The molecular weight excluding hydrogens is 312 g/mol. The van der Waals surface area contributed by atoms with E-state index < -0.39 is 0 Å². The zero-order valence-electron chi connectivity index (χ0n) is 15.4. The summed E-state index contributed by atoms with van der Waals surface area (Å²) < 4.78 is 5.22. The van der Waals surface area contributed by atoms with Gasteiger partial charge in [-0.25, -0.2) is 4.98 Å². The van der Waals surface area contributed by atoms with Crippen molar-refractivity contribution in [1.82, 2.24) is 15.2 Å². The van der Waals surface area contributed by atoms with Gasteiger partial charge < -0.3 is 19.9 Å². The van der Waals surface area contributed by atoms with Crippen molar-refractivity contribution in [2.75, 3.05) is 45.2 Å². The molecule has 1 aromatic heterocycles. The Hall–Kier alpha value is -2.11. The van der Waals surface area contributed by atoms with Crippen LogP contribution in [0.1, 0.15) is 24.1 Å². The van der Waals surface area contributed by atoms with Crippen LogP contribution in [0.3, 0.4) is 0 Å². The molecule has 0 aliphatic carbocycles. The van der Waals surface area contributed by atoms with E-state index in [1.165, 1.54) is 11.1 Å². The number of piperazine rings is 1. The summed E-state index contributed by atoms with van der Waals surface area (Å²) in [5, 5.41) is 3.59. The molecule has 3 rings (SSSR count). The molecule has 0 spiro atoms. The summed E-state index contributed by atoms with van der Waals surface area (Å²) in [5.41, 5.74) is 2.53. The number of likely N-dealkylation sites (N-methyl/N-ethyl adjacent to an activating group) is 1. The Morgan fingerprint density at radius 3 is 2.52 bits per heavy atom. The third-order valence-corrected chi connectivity index (χ3v) is 4.87. The first-order valence-electron chi connectivity index (χ1n) is 8.91. The number of nitrogens with zero attached hydrogens (tertiary/aromatic N) is 3. The fourth-order valence-electron chi connectivity index (χ4n) is 3.06. The van der Waals surface area contributed by atoms with Crippen LogP contribution in [-0.4, -0.2) is 50.2 Å². The zero-order chi connectivity index (χ0) is 17.6. The average Bonchev–Trinajstić information content (AvgIpc) is 2.67. The summed E-state index contributed by atoms with van der Waals surface area (Å²) in [6, 6.07) is 12.8. The Labute approximate surface area is 150 Å². The number of ether oxygens (including phenoxy) is 1. The number of anilines is 1. The molecule has 1 aliphatic heterocycles. The molecule has 1 unspecified atom stereocenters. The summed E-state index contributed by atoms with van der Waals surface area (Å²) >= 11 is 0. The lowest BCUT2D eigenvalue weighted by atomic mass is 10.1. The number of aromatic nitrogens is 1. The number of nitrogens with one attached hydrogen (secondary N) is 1. The van der Waals surface area contributed by atoms with Crippen LogP contribution in [0.2, 0.25) is 0 Å². The van der Waals surface area contributed by atoms with Gasteiger partial charge in [0.2, 0.25) is 0 Å². The molecule has 1 atom stereocenters. The van der Waals surface area contributed by atoms with Gasteiger partial charge in [0.1, 0.15) is 11.6 Å². The largest absolute Gasteiger partial charge is 0.497 e. The van der Waals surface area contributed by atoms with E-state index >= 15 is 0 Å². The maximum absolute atomic E-state index is 5.22. The molecule has 134 valence electrons. The minimum absolute atomic E-state index is 0.283. The van der Waals surface area contributed by atoms with Crippen molar-refractivity contribution in [1.29, 1.82) is 0 Å². The van der Waals surface area contributed by atoms with Gasteiger partial charge in [0.25, 0.3) is 0 Å². The van der Waals surface area contributed by atoms with Crippen molar-refractivity contribution in [3.8, 4) is 5.75 Å².